The van der Waals surface area contributed by atoms with Crippen LogP contribution in [0.2, 0.25) is 0 Å². The van der Waals surface area contributed by atoms with Crippen molar-refractivity contribution < 1.29 is 18.0 Å². The number of alkyl halides is 3. The molecule has 0 fully saturated rings. The van der Waals surface area contributed by atoms with Crippen LogP contribution in [-0.2, 0) is 4.79 Å². The third kappa shape index (κ3) is 2.75. The van der Waals surface area contributed by atoms with Crippen LogP contribution in [0.3, 0.4) is 0 Å². The van der Waals surface area contributed by atoms with E-state index in [0.29, 0.717) is 12.6 Å². The number of aryl methyl sites for hydroxylation is 2. The third-order valence-electron chi connectivity index (χ3n) is 2.31. The van der Waals surface area contributed by atoms with Gasteiger partial charge in [-0.2, -0.15) is 13.2 Å². The topological polar surface area (TPSA) is 68.0 Å². The maximum Gasteiger partial charge on any atom is 0.415 e. The zero-order valence-electron chi connectivity index (χ0n) is 9.47. The fourth-order valence-corrected chi connectivity index (χ4v) is 1.69. The van der Waals surface area contributed by atoms with Crippen LogP contribution >= 0.6 is 11.3 Å². The van der Waals surface area contributed by atoms with Gasteiger partial charge in [-0.1, -0.05) is 0 Å². The van der Waals surface area contributed by atoms with E-state index in [1.807, 2.05) is 0 Å². The minimum atomic E-state index is -4.81. The Hall–Kier alpha value is -1.15. The summed E-state index contributed by atoms with van der Waals surface area (Å²) in [6.45, 7) is 4.08. The Morgan fingerprint density at radius 3 is 2.29 bits per heavy atom. The first-order valence-corrected chi connectivity index (χ1v) is 5.48. The van der Waals surface area contributed by atoms with Crippen molar-refractivity contribution in [3.05, 3.63) is 10.6 Å². The zero-order valence-corrected chi connectivity index (χ0v) is 10.3. The average molecular weight is 267 g/mol. The van der Waals surface area contributed by atoms with E-state index in [0.717, 1.165) is 16.2 Å². The number of carbonyl (C=O) groups is 1. The molecule has 17 heavy (non-hydrogen) atoms. The number of nitrogens with two attached hydrogens (primary N) is 1. The number of nitrogens with one attached hydrogen (secondary N) is 1. The number of amides is 1. The van der Waals surface area contributed by atoms with Crippen molar-refractivity contribution in [1.29, 1.82) is 0 Å². The van der Waals surface area contributed by atoms with Gasteiger partial charge in [-0.3, -0.25) is 4.79 Å². The summed E-state index contributed by atoms with van der Waals surface area (Å²) in [5, 5.41) is 2.19. The van der Waals surface area contributed by atoms with Gasteiger partial charge in [0.05, 0.1) is 5.69 Å². The van der Waals surface area contributed by atoms with Crippen LogP contribution in [0.1, 0.15) is 17.5 Å². The van der Waals surface area contributed by atoms with Crippen molar-refractivity contribution >= 4 is 22.4 Å². The second kappa shape index (κ2) is 4.26. The minimum absolute atomic E-state index is 0.117. The lowest BCUT2D eigenvalue weighted by Crippen LogP contribution is -2.59. The number of nitrogens with zero attached hydrogens (tertiary/aromatic N) is 1. The first-order chi connectivity index (χ1) is 7.55. The Morgan fingerprint density at radius 2 is 1.94 bits per heavy atom. The molecule has 0 bridgehead atoms. The maximum atomic E-state index is 12.5. The van der Waals surface area contributed by atoms with Crippen LogP contribution in [0.15, 0.2) is 0 Å². The Morgan fingerprint density at radius 1 is 1.41 bits per heavy atom. The van der Waals surface area contributed by atoms with Crippen molar-refractivity contribution in [3.63, 3.8) is 0 Å². The van der Waals surface area contributed by atoms with Gasteiger partial charge in [-0.15, -0.1) is 11.3 Å². The fourth-order valence-electron chi connectivity index (χ4n) is 0.882. The second-order valence-corrected chi connectivity index (χ2v) is 5.02. The molecule has 0 aromatic carbocycles. The standard InChI is InChI=1S/C9H12F3N3OS/c1-4-5(2)17-7(14-4)15-6(16)8(3,13)9(10,11)12/h13H2,1-3H3,(H,14,15,16). The van der Waals surface area contributed by atoms with Crippen LogP contribution in [0, 0.1) is 13.8 Å². The van der Waals surface area contributed by atoms with Crippen molar-refractivity contribution in [2.45, 2.75) is 32.5 Å². The zero-order chi connectivity index (χ0) is 13.4. The largest absolute Gasteiger partial charge is 0.415 e. The van der Waals surface area contributed by atoms with E-state index in [2.05, 4.69) is 10.3 Å². The average Bonchev–Trinajstić information content (AvgIpc) is 2.43. The highest BCUT2D eigenvalue weighted by Crippen LogP contribution is 2.30. The summed E-state index contributed by atoms with van der Waals surface area (Å²) < 4.78 is 37.4. The molecule has 1 rings (SSSR count). The molecular weight excluding hydrogens is 255 g/mol. The predicted molar refractivity (Wildman–Crippen MR) is 58.9 cm³/mol. The number of hydrogen-bond donors (Lipinski definition) is 2. The Balaban J connectivity index is 2.86. The van der Waals surface area contributed by atoms with Gasteiger partial charge in [0, 0.05) is 4.88 Å². The summed E-state index contributed by atoms with van der Waals surface area (Å²) in [5.74, 6) is -1.32. The van der Waals surface area contributed by atoms with Gasteiger partial charge in [-0.25, -0.2) is 4.98 Å². The molecule has 4 nitrogen and oxygen atoms in total. The Bertz CT molecular complexity index is 420. The molecule has 0 saturated heterocycles. The van der Waals surface area contributed by atoms with Gasteiger partial charge in [0.2, 0.25) is 0 Å². The van der Waals surface area contributed by atoms with Crippen molar-refractivity contribution in [2.24, 2.45) is 5.73 Å². The van der Waals surface area contributed by atoms with Crippen LogP contribution in [0.4, 0.5) is 18.3 Å². The summed E-state index contributed by atoms with van der Waals surface area (Å²) >= 11 is 1.10. The number of carbonyl (C=O) groups excluding carboxylic acids is 1. The second-order valence-electron chi connectivity index (χ2n) is 3.81. The minimum Gasteiger partial charge on any atom is -0.310 e. The lowest BCUT2D eigenvalue weighted by atomic mass is 10.0. The molecule has 1 aromatic heterocycles. The van der Waals surface area contributed by atoms with E-state index >= 15 is 0 Å². The molecule has 1 atom stereocenters. The SMILES string of the molecule is Cc1nc(NC(=O)C(C)(N)C(F)(F)F)sc1C. The number of rotatable bonds is 2. The van der Waals surface area contributed by atoms with E-state index in [9.17, 15) is 18.0 Å². The number of hydrogen-bond acceptors (Lipinski definition) is 4. The van der Waals surface area contributed by atoms with Gasteiger partial charge in [0.25, 0.3) is 5.91 Å². The smallest absolute Gasteiger partial charge is 0.310 e. The summed E-state index contributed by atoms with van der Waals surface area (Å²) in [7, 11) is 0. The van der Waals surface area contributed by atoms with E-state index < -0.39 is 17.6 Å². The van der Waals surface area contributed by atoms with E-state index in [1.54, 1.807) is 13.8 Å². The first-order valence-electron chi connectivity index (χ1n) is 4.67. The molecule has 0 spiro atoms. The fraction of sp³-hybridized carbons (Fsp3) is 0.556. The van der Waals surface area contributed by atoms with Gasteiger partial charge in [0.1, 0.15) is 0 Å². The molecular formula is C9H12F3N3OS. The van der Waals surface area contributed by atoms with Crippen molar-refractivity contribution in [1.82, 2.24) is 4.98 Å². The van der Waals surface area contributed by atoms with Gasteiger partial charge < -0.3 is 11.1 Å². The summed E-state index contributed by atoms with van der Waals surface area (Å²) in [5.41, 5.74) is 2.70. The normalized spacial score (nSPS) is 15.5. The van der Waals surface area contributed by atoms with Crippen molar-refractivity contribution in [3.8, 4) is 0 Å². The predicted octanol–water partition coefficient (Wildman–Crippen LogP) is 1.98. The van der Waals surface area contributed by atoms with E-state index in [4.69, 9.17) is 5.73 Å². The lowest BCUT2D eigenvalue weighted by Gasteiger charge is -2.25. The first kappa shape index (κ1) is 13.9. The molecule has 3 N–H and O–H groups in total. The Labute approximate surface area is 100 Å². The number of thiazole rings is 1. The Kier molecular flexibility index (Phi) is 3.49. The van der Waals surface area contributed by atoms with Gasteiger partial charge in [-0.05, 0) is 20.8 Å². The number of anilines is 1. The molecule has 1 aromatic rings. The molecule has 8 heteroatoms. The van der Waals surface area contributed by atoms with Crippen LogP contribution in [0.25, 0.3) is 0 Å². The molecule has 0 aliphatic carbocycles. The van der Waals surface area contributed by atoms with E-state index in [1.165, 1.54) is 0 Å². The summed E-state index contributed by atoms with van der Waals surface area (Å²) in [4.78, 5) is 16.1. The molecule has 0 aliphatic heterocycles. The molecule has 0 saturated carbocycles. The quantitative estimate of drug-likeness (QED) is 0.861. The highest BCUT2D eigenvalue weighted by molar-refractivity contribution is 7.15. The highest BCUT2D eigenvalue weighted by Gasteiger charge is 2.54. The van der Waals surface area contributed by atoms with Crippen LogP contribution < -0.4 is 11.1 Å². The van der Waals surface area contributed by atoms with Crippen molar-refractivity contribution in [2.75, 3.05) is 5.32 Å². The maximum absolute atomic E-state index is 12.5. The third-order valence-corrected chi connectivity index (χ3v) is 3.30. The van der Waals surface area contributed by atoms with Gasteiger partial charge >= 0.3 is 6.18 Å². The number of aromatic nitrogens is 1. The molecule has 96 valence electrons. The highest BCUT2D eigenvalue weighted by atomic mass is 32.1. The summed E-state index contributed by atoms with van der Waals surface area (Å²) in [6, 6.07) is 0. The number of halogens is 3. The monoisotopic (exact) mass is 267 g/mol. The molecule has 1 amide bonds. The molecule has 0 aliphatic rings. The van der Waals surface area contributed by atoms with Gasteiger partial charge in [0.15, 0.2) is 10.7 Å². The molecule has 0 radical (unpaired) electrons. The summed E-state index contributed by atoms with van der Waals surface area (Å²) in [6.07, 6.45) is -4.81. The lowest BCUT2D eigenvalue weighted by molar-refractivity contribution is -0.184. The van der Waals surface area contributed by atoms with Crippen LogP contribution in [0.5, 0.6) is 0 Å². The molecule has 1 heterocycles. The molecule has 1 unspecified atom stereocenters. The van der Waals surface area contributed by atoms with E-state index in [-0.39, 0.29) is 5.13 Å². The van der Waals surface area contributed by atoms with Crippen LogP contribution in [-0.4, -0.2) is 22.6 Å².